The Bertz CT molecular complexity index is 1050. The molecule has 2 bridgehead atoms. The molecule has 144 valence electrons. The molecule has 0 spiro atoms. The number of allylic oxidation sites excluding steroid dienone is 3. The molecular weight excluding hydrogens is 363 g/mol. The fraction of sp³-hybridized carbons (Fsp3) is 0.350. The summed E-state index contributed by atoms with van der Waals surface area (Å²) >= 11 is 0. The second kappa shape index (κ2) is 6.56. The van der Waals surface area contributed by atoms with E-state index in [2.05, 4.69) is 10.1 Å². The summed E-state index contributed by atoms with van der Waals surface area (Å²) in [5.74, 6) is 0.716. The molecule has 0 N–H and O–H groups in total. The lowest BCUT2D eigenvalue weighted by Gasteiger charge is -2.23. The summed E-state index contributed by atoms with van der Waals surface area (Å²) in [7, 11) is 1.71. The number of hydrogen-bond acceptors (Lipinski definition) is 5. The van der Waals surface area contributed by atoms with Crippen LogP contribution in [0, 0.1) is 5.92 Å². The van der Waals surface area contributed by atoms with Crippen LogP contribution in [0.4, 0.5) is 4.39 Å². The van der Waals surface area contributed by atoms with Gasteiger partial charge in [-0.05, 0) is 31.1 Å². The second-order valence-electron chi connectivity index (χ2n) is 7.19. The van der Waals surface area contributed by atoms with Gasteiger partial charge in [0.15, 0.2) is 5.65 Å². The summed E-state index contributed by atoms with van der Waals surface area (Å²) < 4.78 is 27.7. The Morgan fingerprint density at radius 2 is 2.18 bits per heavy atom. The molecule has 2 aromatic rings. The van der Waals surface area contributed by atoms with Crippen molar-refractivity contribution in [3.05, 3.63) is 59.4 Å². The highest BCUT2D eigenvalue weighted by Gasteiger charge is 2.34. The van der Waals surface area contributed by atoms with Gasteiger partial charge in [-0.25, -0.2) is 8.91 Å². The zero-order valence-corrected chi connectivity index (χ0v) is 15.3. The van der Waals surface area contributed by atoms with Crippen molar-refractivity contribution in [1.29, 1.82) is 0 Å². The van der Waals surface area contributed by atoms with Crippen LogP contribution in [0.1, 0.15) is 23.2 Å². The number of amides is 1. The minimum atomic E-state index is -0.426. The molecule has 1 fully saturated rings. The Balaban J connectivity index is 1.65. The van der Waals surface area contributed by atoms with Crippen LogP contribution in [0.25, 0.3) is 5.65 Å². The number of carbonyl (C=O) groups is 1. The lowest BCUT2D eigenvalue weighted by molar-refractivity contribution is 0.0640. The Morgan fingerprint density at radius 1 is 1.32 bits per heavy atom. The largest absolute Gasteiger partial charge is 0.443 e. The zero-order chi connectivity index (χ0) is 19.3. The first-order valence-corrected chi connectivity index (χ1v) is 9.29. The summed E-state index contributed by atoms with van der Waals surface area (Å²) in [5.41, 5.74) is 1.50. The Kier molecular flexibility index (Phi) is 4.01. The van der Waals surface area contributed by atoms with Crippen molar-refractivity contribution in [2.24, 2.45) is 5.92 Å². The molecule has 1 amide bonds. The Morgan fingerprint density at radius 3 is 3.00 bits per heavy atom. The van der Waals surface area contributed by atoms with Crippen LogP contribution < -0.4 is 4.74 Å². The maximum Gasteiger partial charge on any atom is 0.259 e. The smallest absolute Gasteiger partial charge is 0.259 e. The quantitative estimate of drug-likeness (QED) is 0.759. The van der Waals surface area contributed by atoms with Gasteiger partial charge in [0, 0.05) is 37.3 Å². The molecule has 0 aromatic carbocycles. The average Bonchev–Trinajstić information content (AvgIpc) is 3.45. The third-order valence-electron chi connectivity index (χ3n) is 5.12. The highest BCUT2D eigenvalue weighted by Crippen LogP contribution is 2.41. The van der Waals surface area contributed by atoms with Crippen molar-refractivity contribution in [3.63, 3.8) is 0 Å². The van der Waals surface area contributed by atoms with Crippen molar-refractivity contribution in [2.45, 2.75) is 18.9 Å². The van der Waals surface area contributed by atoms with Gasteiger partial charge in [0.2, 0.25) is 5.88 Å². The van der Waals surface area contributed by atoms with Crippen molar-refractivity contribution in [3.8, 4) is 5.88 Å². The van der Waals surface area contributed by atoms with E-state index in [1.54, 1.807) is 34.8 Å². The third kappa shape index (κ3) is 2.99. The van der Waals surface area contributed by atoms with E-state index in [0.29, 0.717) is 41.6 Å². The van der Waals surface area contributed by atoms with E-state index in [4.69, 9.17) is 9.47 Å². The molecule has 1 aliphatic heterocycles. The van der Waals surface area contributed by atoms with E-state index >= 15 is 0 Å². The first kappa shape index (κ1) is 17.1. The molecule has 3 heterocycles. The number of hydrogen-bond donors (Lipinski definition) is 0. The van der Waals surface area contributed by atoms with Crippen LogP contribution in [-0.2, 0) is 4.74 Å². The number of carbonyl (C=O) groups excluding carboxylic acids is 1. The number of ether oxygens (including phenoxy) is 2. The summed E-state index contributed by atoms with van der Waals surface area (Å²) in [6.07, 6.45) is 9.29. The van der Waals surface area contributed by atoms with Crippen LogP contribution in [0.3, 0.4) is 0 Å². The third-order valence-corrected chi connectivity index (χ3v) is 5.12. The van der Waals surface area contributed by atoms with E-state index in [9.17, 15) is 9.18 Å². The summed E-state index contributed by atoms with van der Waals surface area (Å²) in [4.78, 5) is 18.9. The molecular formula is C20H19FN4O3. The van der Waals surface area contributed by atoms with Gasteiger partial charge in [0.05, 0.1) is 12.8 Å². The molecule has 0 radical (unpaired) electrons. The van der Waals surface area contributed by atoms with Crippen molar-refractivity contribution in [1.82, 2.24) is 19.5 Å². The number of likely N-dealkylation sites (N-methyl/N-ethyl adjacent to an activating group) is 1. The first-order chi connectivity index (χ1) is 13.6. The molecule has 2 aromatic heterocycles. The van der Waals surface area contributed by atoms with Crippen molar-refractivity contribution < 1.29 is 18.7 Å². The van der Waals surface area contributed by atoms with Crippen LogP contribution in [0.5, 0.6) is 5.88 Å². The molecule has 7 nitrogen and oxygen atoms in total. The maximum absolute atomic E-state index is 14.0. The lowest BCUT2D eigenvalue weighted by atomic mass is 10.0. The van der Waals surface area contributed by atoms with Crippen LogP contribution in [0.2, 0.25) is 0 Å². The van der Waals surface area contributed by atoms with E-state index in [1.807, 2.05) is 0 Å². The fourth-order valence-corrected chi connectivity index (χ4v) is 3.44. The maximum atomic E-state index is 14.0. The number of rotatable bonds is 1. The standard InChI is InChI=1S/C20H19FN4O3/c1-24-8-9-27-16-5-4-13(21)10-14(16)18(12-2-3-12)28-17-6-7-25-19(23-17)15(11-22-25)20(24)26/h4-7,10-12,16H,2-3,8-9H2,1H3/b18-14-. The van der Waals surface area contributed by atoms with Crippen LogP contribution in [0.15, 0.2) is 53.8 Å². The van der Waals surface area contributed by atoms with Gasteiger partial charge < -0.3 is 14.4 Å². The molecule has 5 rings (SSSR count). The van der Waals surface area contributed by atoms with Gasteiger partial charge >= 0.3 is 0 Å². The molecule has 1 unspecified atom stereocenters. The van der Waals surface area contributed by atoms with E-state index in [-0.39, 0.29) is 17.7 Å². The van der Waals surface area contributed by atoms with Gasteiger partial charge in [-0.15, -0.1) is 0 Å². The normalized spacial score (nSPS) is 25.6. The van der Waals surface area contributed by atoms with Gasteiger partial charge in [0.25, 0.3) is 5.91 Å². The Hall–Kier alpha value is -3.00. The summed E-state index contributed by atoms with van der Waals surface area (Å²) in [6.45, 7) is 0.697. The van der Waals surface area contributed by atoms with E-state index in [0.717, 1.165) is 12.8 Å². The lowest BCUT2D eigenvalue weighted by Crippen LogP contribution is -2.31. The number of aromatic nitrogens is 3. The van der Waals surface area contributed by atoms with E-state index in [1.165, 1.54) is 18.3 Å². The highest BCUT2D eigenvalue weighted by atomic mass is 19.1. The minimum absolute atomic E-state index is 0.191. The first-order valence-electron chi connectivity index (χ1n) is 9.29. The number of fused-ring (bicyclic) bond motifs is 2. The second-order valence-corrected chi connectivity index (χ2v) is 7.19. The molecule has 0 saturated heterocycles. The predicted octanol–water partition coefficient (Wildman–Crippen LogP) is 2.67. The molecule has 1 atom stereocenters. The fourth-order valence-electron chi connectivity index (χ4n) is 3.44. The van der Waals surface area contributed by atoms with E-state index < -0.39 is 6.10 Å². The SMILES string of the molecule is CN1CCOC2C=CC(F)=C/C2=C(\C2CC2)Oc2ccn3ncc(c3n2)C1=O. The minimum Gasteiger partial charge on any atom is -0.443 e. The van der Waals surface area contributed by atoms with Gasteiger partial charge in [-0.2, -0.15) is 10.1 Å². The topological polar surface area (TPSA) is 69.0 Å². The molecule has 28 heavy (non-hydrogen) atoms. The summed E-state index contributed by atoms with van der Waals surface area (Å²) in [5, 5.41) is 4.20. The van der Waals surface area contributed by atoms with Gasteiger partial charge in [-0.3, -0.25) is 4.79 Å². The Labute approximate surface area is 160 Å². The monoisotopic (exact) mass is 382 g/mol. The van der Waals surface area contributed by atoms with Crippen LogP contribution >= 0.6 is 0 Å². The number of halogens is 1. The van der Waals surface area contributed by atoms with Crippen LogP contribution in [-0.4, -0.2) is 51.7 Å². The van der Waals surface area contributed by atoms with Gasteiger partial charge in [0.1, 0.15) is 23.3 Å². The van der Waals surface area contributed by atoms with Gasteiger partial charge in [-0.1, -0.05) is 0 Å². The highest BCUT2D eigenvalue weighted by molar-refractivity contribution is 5.99. The molecule has 2 aliphatic carbocycles. The molecule has 8 heteroatoms. The predicted molar refractivity (Wildman–Crippen MR) is 98.4 cm³/mol. The molecule has 1 saturated carbocycles. The van der Waals surface area contributed by atoms with Crippen molar-refractivity contribution in [2.75, 3.05) is 20.2 Å². The number of nitrogens with zero attached hydrogens (tertiary/aromatic N) is 4. The zero-order valence-electron chi connectivity index (χ0n) is 15.3. The molecule has 3 aliphatic rings. The van der Waals surface area contributed by atoms with Crippen molar-refractivity contribution >= 4 is 11.6 Å². The summed E-state index contributed by atoms with van der Waals surface area (Å²) in [6, 6.07) is 1.69. The average molecular weight is 382 g/mol.